The Morgan fingerprint density at radius 1 is 1.09 bits per heavy atom. The fraction of sp³-hybridized carbons (Fsp3) is 0.375. The lowest BCUT2D eigenvalue weighted by Gasteiger charge is -2.23. The van der Waals surface area contributed by atoms with Crippen molar-refractivity contribution >= 4 is 16.6 Å². The third kappa shape index (κ3) is 5.88. The van der Waals surface area contributed by atoms with Crippen LogP contribution in [0.5, 0.6) is 5.75 Å². The van der Waals surface area contributed by atoms with Crippen molar-refractivity contribution in [3.63, 3.8) is 0 Å². The minimum atomic E-state index is -4.40. The Balaban J connectivity index is 1.62. The SMILES string of the molecule is CCCN(CCCNc1ccnc2cc(C(F)(F)F)ccc12)Cc1c(F)cccc1OC. The molecule has 3 aromatic rings. The zero-order chi connectivity index (χ0) is 23.1. The highest BCUT2D eigenvalue weighted by atomic mass is 19.4. The van der Waals surface area contributed by atoms with Crippen molar-refractivity contribution in [2.24, 2.45) is 0 Å². The molecular weight excluding hydrogens is 422 g/mol. The molecule has 0 aliphatic heterocycles. The van der Waals surface area contributed by atoms with Gasteiger partial charge in [0.15, 0.2) is 0 Å². The van der Waals surface area contributed by atoms with E-state index in [0.29, 0.717) is 35.3 Å². The molecule has 0 fully saturated rings. The summed E-state index contributed by atoms with van der Waals surface area (Å²) in [6.45, 7) is 4.69. The van der Waals surface area contributed by atoms with Crippen LogP contribution < -0.4 is 10.1 Å². The standard InChI is InChI=1S/C24H27F4N3O/c1-3-13-31(16-19-20(25)6-4-7-23(19)32-2)14-5-11-29-21-10-12-30-22-15-17(24(26,27)28)8-9-18(21)22/h4,6-10,12,15H,3,5,11,13-14,16H2,1-2H3,(H,29,30). The molecule has 0 aliphatic carbocycles. The van der Waals surface area contributed by atoms with Crippen LogP contribution in [0.3, 0.4) is 0 Å². The van der Waals surface area contributed by atoms with Crippen molar-refractivity contribution < 1.29 is 22.3 Å². The molecule has 0 saturated heterocycles. The van der Waals surface area contributed by atoms with E-state index in [9.17, 15) is 17.6 Å². The largest absolute Gasteiger partial charge is 0.496 e. The van der Waals surface area contributed by atoms with Crippen LogP contribution in [0.1, 0.15) is 30.9 Å². The Kier molecular flexibility index (Phi) is 7.90. The second-order valence-corrected chi connectivity index (χ2v) is 7.57. The van der Waals surface area contributed by atoms with Gasteiger partial charge >= 0.3 is 6.18 Å². The maximum absolute atomic E-state index is 14.3. The first-order valence-corrected chi connectivity index (χ1v) is 10.6. The number of ether oxygens (including phenoxy) is 1. The van der Waals surface area contributed by atoms with Crippen LogP contribution in [0, 0.1) is 5.82 Å². The number of anilines is 1. The number of nitrogens with one attached hydrogen (secondary N) is 1. The van der Waals surface area contributed by atoms with E-state index in [2.05, 4.69) is 22.1 Å². The number of benzene rings is 2. The molecule has 0 radical (unpaired) electrons. The molecule has 1 heterocycles. The van der Waals surface area contributed by atoms with E-state index in [1.165, 1.54) is 25.4 Å². The van der Waals surface area contributed by atoms with Crippen molar-refractivity contribution in [3.8, 4) is 5.75 Å². The van der Waals surface area contributed by atoms with Crippen molar-refractivity contribution in [2.45, 2.75) is 32.5 Å². The summed E-state index contributed by atoms with van der Waals surface area (Å²) >= 11 is 0. The predicted octanol–water partition coefficient (Wildman–Crippen LogP) is 6.12. The average molecular weight is 449 g/mol. The summed E-state index contributed by atoms with van der Waals surface area (Å²) in [4.78, 5) is 6.24. The van der Waals surface area contributed by atoms with E-state index in [0.717, 1.165) is 43.8 Å². The van der Waals surface area contributed by atoms with Gasteiger partial charge in [0.1, 0.15) is 11.6 Å². The lowest BCUT2D eigenvalue weighted by Crippen LogP contribution is -2.27. The molecule has 32 heavy (non-hydrogen) atoms. The Morgan fingerprint density at radius 2 is 1.91 bits per heavy atom. The van der Waals surface area contributed by atoms with Gasteiger partial charge < -0.3 is 10.1 Å². The van der Waals surface area contributed by atoms with E-state index in [1.54, 1.807) is 18.2 Å². The van der Waals surface area contributed by atoms with E-state index in [1.807, 2.05) is 0 Å². The van der Waals surface area contributed by atoms with E-state index in [4.69, 9.17) is 4.74 Å². The normalized spacial score (nSPS) is 11.8. The zero-order valence-corrected chi connectivity index (χ0v) is 18.2. The molecule has 0 amide bonds. The molecular formula is C24H27F4N3O. The van der Waals surface area contributed by atoms with Gasteiger partial charge in [-0.15, -0.1) is 0 Å². The Bertz CT molecular complexity index is 1040. The van der Waals surface area contributed by atoms with Crippen LogP contribution in [0.4, 0.5) is 23.2 Å². The molecule has 1 N–H and O–H groups in total. The number of methoxy groups -OCH3 is 1. The first kappa shape index (κ1) is 23.8. The molecule has 2 aromatic carbocycles. The maximum Gasteiger partial charge on any atom is 0.416 e. The number of nitrogens with zero attached hydrogens (tertiary/aromatic N) is 2. The highest BCUT2D eigenvalue weighted by Gasteiger charge is 2.30. The molecule has 0 unspecified atom stereocenters. The number of pyridine rings is 1. The highest BCUT2D eigenvalue weighted by Crippen LogP contribution is 2.32. The van der Waals surface area contributed by atoms with Crippen LogP contribution in [-0.4, -0.2) is 36.6 Å². The van der Waals surface area contributed by atoms with Gasteiger partial charge in [-0.3, -0.25) is 9.88 Å². The summed E-state index contributed by atoms with van der Waals surface area (Å²) in [7, 11) is 1.53. The molecule has 8 heteroatoms. The van der Waals surface area contributed by atoms with Gasteiger partial charge in [0.2, 0.25) is 0 Å². The summed E-state index contributed by atoms with van der Waals surface area (Å²) in [6, 6.07) is 10.1. The van der Waals surface area contributed by atoms with Gasteiger partial charge in [-0.05, 0) is 49.7 Å². The summed E-state index contributed by atoms with van der Waals surface area (Å²) in [5, 5.41) is 3.94. The minimum absolute atomic E-state index is 0.287. The third-order valence-electron chi connectivity index (χ3n) is 5.25. The first-order valence-electron chi connectivity index (χ1n) is 10.6. The Hall–Kier alpha value is -2.87. The summed E-state index contributed by atoms with van der Waals surface area (Å²) in [5.41, 5.74) is 0.857. The van der Waals surface area contributed by atoms with Crippen LogP contribution in [-0.2, 0) is 12.7 Å². The van der Waals surface area contributed by atoms with Gasteiger partial charge in [0, 0.05) is 42.5 Å². The molecule has 0 spiro atoms. The summed E-state index contributed by atoms with van der Waals surface area (Å²) in [6.07, 6.45) is -1.19. The zero-order valence-electron chi connectivity index (χ0n) is 18.2. The third-order valence-corrected chi connectivity index (χ3v) is 5.25. The highest BCUT2D eigenvalue weighted by molar-refractivity contribution is 5.91. The number of fused-ring (bicyclic) bond motifs is 1. The van der Waals surface area contributed by atoms with Gasteiger partial charge in [-0.2, -0.15) is 13.2 Å². The second kappa shape index (κ2) is 10.6. The van der Waals surface area contributed by atoms with Crippen molar-refractivity contribution in [1.82, 2.24) is 9.88 Å². The van der Waals surface area contributed by atoms with Crippen molar-refractivity contribution in [2.75, 3.05) is 32.1 Å². The molecule has 3 rings (SSSR count). The minimum Gasteiger partial charge on any atom is -0.496 e. The topological polar surface area (TPSA) is 37.4 Å². The molecule has 0 atom stereocenters. The Labute approximate surface area is 185 Å². The summed E-state index contributed by atoms with van der Waals surface area (Å²) < 4.78 is 58.5. The molecule has 0 aliphatic rings. The lowest BCUT2D eigenvalue weighted by atomic mass is 10.1. The van der Waals surface area contributed by atoms with Crippen LogP contribution >= 0.6 is 0 Å². The Morgan fingerprint density at radius 3 is 2.62 bits per heavy atom. The first-order chi connectivity index (χ1) is 15.3. The van der Waals surface area contributed by atoms with Crippen LogP contribution in [0.2, 0.25) is 0 Å². The maximum atomic E-state index is 14.3. The summed E-state index contributed by atoms with van der Waals surface area (Å²) in [5.74, 6) is 0.246. The van der Waals surface area contributed by atoms with Crippen molar-refractivity contribution in [3.05, 3.63) is 65.6 Å². The number of hydrogen-bond donors (Lipinski definition) is 1. The van der Waals surface area contributed by atoms with E-state index >= 15 is 0 Å². The monoisotopic (exact) mass is 449 g/mol. The number of aromatic nitrogens is 1. The van der Waals surface area contributed by atoms with E-state index in [-0.39, 0.29) is 5.82 Å². The van der Waals surface area contributed by atoms with E-state index < -0.39 is 11.7 Å². The smallest absolute Gasteiger partial charge is 0.416 e. The molecule has 0 bridgehead atoms. The lowest BCUT2D eigenvalue weighted by molar-refractivity contribution is -0.137. The van der Waals surface area contributed by atoms with Gasteiger partial charge in [-0.1, -0.05) is 19.1 Å². The molecule has 1 aromatic heterocycles. The number of halogens is 4. The molecule has 0 saturated carbocycles. The predicted molar refractivity (Wildman–Crippen MR) is 118 cm³/mol. The van der Waals surface area contributed by atoms with Crippen LogP contribution in [0.15, 0.2) is 48.7 Å². The van der Waals surface area contributed by atoms with Gasteiger partial charge in [-0.25, -0.2) is 4.39 Å². The number of rotatable bonds is 10. The molecule has 4 nitrogen and oxygen atoms in total. The molecule has 172 valence electrons. The average Bonchev–Trinajstić information content (AvgIpc) is 2.77. The van der Waals surface area contributed by atoms with Crippen LogP contribution in [0.25, 0.3) is 10.9 Å². The quantitative estimate of drug-likeness (QED) is 0.299. The fourth-order valence-corrected chi connectivity index (χ4v) is 3.70. The number of hydrogen-bond acceptors (Lipinski definition) is 4. The van der Waals surface area contributed by atoms with Gasteiger partial charge in [0.05, 0.1) is 18.2 Å². The second-order valence-electron chi connectivity index (χ2n) is 7.57. The van der Waals surface area contributed by atoms with Crippen molar-refractivity contribution in [1.29, 1.82) is 0 Å². The fourth-order valence-electron chi connectivity index (χ4n) is 3.70. The van der Waals surface area contributed by atoms with Gasteiger partial charge in [0.25, 0.3) is 0 Å². The number of alkyl halides is 3.